The van der Waals surface area contributed by atoms with E-state index in [1.807, 2.05) is 10.6 Å². The van der Waals surface area contributed by atoms with E-state index in [0.29, 0.717) is 35.1 Å². The fourth-order valence-corrected chi connectivity index (χ4v) is 3.38. The van der Waals surface area contributed by atoms with Crippen molar-refractivity contribution in [3.8, 4) is 0 Å². The van der Waals surface area contributed by atoms with Crippen molar-refractivity contribution < 1.29 is 18.7 Å². The minimum absolute atomic E-state index is 0.155. The number of furan rings is 1. The van der Waals surface area contributed by atoms with Crippen molar-refractivity contribution in [2.75, 3.05) is 24.3 Å². The quantitative estimate of drug-likeness (QED) is 0.422. The zero-order chi connectivity index (χ0) is 23.3. The minimum atomic E-state index is -0.532. The maximum absolute atomic E-state index is 12.8. The zero-order valence-electron chi connectivity index (χ0n) is 19.4. The van der Waals surface area contributed by atoms with E-state index in [1.165, 1.54) is 13.4 Å². The van der Waals surface area contributed by atoms with E-state index < -0.39 is 11.9 Å². The van der Waals surface area contributed by atoms with Crippen LogP contribution in [0, 0.1) is 11.8 Å². The fourth-order valence-electron chi connectivity index (χ4n) is 3.38. The molecule has 32 heavy (non-hydrogen) atoms. The Hall–Kier alpha value is -3.29. The van der Waals surface area contributed by atoms with Gasteiger partial charge in [0.2, 0.25) is 0 Å². The van der Waals surface area contributed by atoms with Crippen LogP contribution in [-0.2, 0) is 11.3 Å². The topological polar surface area (TPSA) is 98.4 Å². The fraction of sp³-hybridized carbons (Fsp3) is 0.458. The predicted molar refractivity (Wildman–Crippen MR) is 125 cm³/mol. The van der Waals surface area contributed by atoms with Crippen molar-refractivity contribution in [2.24, 2.45) is 11.8 Å². The number of aryl methyl sites for hydroxylation is 1. The van der Waals surface area contributed by atoms with Crippen LogP contribution in [0.2, 0.25) is 0 Å². The molecule has 1 unspecified atom stereocenters. The molecular weight excluding hydrogens is 408 g/mol. The summed E-state index contributed by atoms with van der Waals surface area (Å²) in [7, 11) is 1.33. The second-order valence-electron chi connectivity index (χ2n) is 8.47. The van der Waals surface area contributed by atoms with E-state index in [2.05, 4.69) is 43.3 Å². The first kappa shape index (κ1) is 23.4. The van der Waals surface area contributed by atoms with Gasteiger partial charge in [-0.2, -0.15) is 0 Å². The number of hydrogen-bond donors (Lipinski definition) is 2. The normalized spacial score (nSPS) is 12.2. The first-order valence-electron chi connectivity index (χ1n) is 11.0. The van der Waals surface area contributed by atoms with Gasteiger partial charge in [0, 0.05) is 18.5 Å². The molecule has 0 aliphatic heterocycles. The molecule has 3 rings (SSSR count). The molecule has 0 radical (unpaired) electrons. The van der Waals surface area contributed by atoms with Gasteiger partial charge in [-0.15, -0.1) is 0 Å². The molecule has 3 aromatic rings. The standard InChI is InChI=1S/C24H32N4O4/c1-6-16(4)13-25-17-12-18-20(27-23(29)19-8-7-11-32-19)21(24(30)31-5)28(10-9-15(2)3)22(18)26-14-17/h7-8,11-12,14-16,25H,6,9-10,13H2,1-5H3,(H,27,29). The lowest BCUT2D eigenvalue weighted by molar-refractivity contribution is 0.0589. The van der Waals surface area contributed by atoms with Gasteiger partial charge in [0.15, 0.2) is 11.5 Å². The highest BCUT2D eigenvalue weighted by molar-refractivity contribution is 6.14. The maximum atomic E-state index is 12.8. The molecule has 0 spiro atoms. The molecule has 0 aliphatic carbocycles. The monoisotopic (exact) mass is 440 g/mol. The van der Waals surface area contributed by atoms with E-state index in [9.17, 15) is 9.59 Å². The lowest BCUT2D eigenvalue weighted by atomic mass is 10.1. The maximum Gasteiger partial charge on any atom is 0.356 e. The molecular formula is C24H32N4O4. The molecule has 172 valence electrons. The zero-order valence-corrected chi connectivity index (χ0v) is 19.4. The largest absolute Gasteiger partial charge is 0.464 e. The number of aromatic nitrogens is 2. The molecule has 1 atom stereocenters. The summed E-state index contributed by atoms with van der Waals surface area (Å²) in [5.74, 6) is 0.111. The molecule has 0 aliphatic rings. The van der Waals surface area contributed by atoms with Gasteiger partial charge < -0.3 is 24.4 Å². The minimum Gasteiger partial charge on any atom is -0.464 e. The van der Waals surface area contributed by atoms with Crippen LogP contribution in [0.1, 0.15) is 61.6 Å². The molecule has 3 heterocycles. The number of anilines is 2. The van der Waals surface area contributed by atoms with Gasteiger partial charge in [0.05, 0.1) is 30.9 Å². The first-order valence-corrected chi connectivity index (χ1v) is 11.0. The number of esters is 1. The molecule has 3 aromatic heterocycles. The van der Waals surface area contributed by atoms with Crippen molar-refractivity contribution in [2.45, 2.75) is 47.1 Å². The Morgan fingerprint density at radius 1 is 1.28 bits per heavy atom. The average molecular weight is 441 g/mol. The van der Waals surface area contributed by atoms with Crippen LogP contribution in [0.25, 0.3) is 11.0 Å². The number of fused-ring (bicyclic) bond motifs is 1. The van der Waals surface area contributed by atoms with Crippen LogP contribution < -0.4 is 10.6 Å². The highest BCUT2D eigenvalue weighted by Crippen LogP contribution is 2.33. The summed E-state index contributed by atoms with van der Waals surface area (Å²) in [5.41, 5.74) is 2.09. The summed E-state index contributed by atoms with van der Waals surface area (Å²) >= 11 is 0. The van der Waals surface area contributed by atoms with Crippen LogP contribution in [-0.4, -0.2) is 35.1 Å². The van der Waals surface area contributed by atoms with Gasteiger partial charge in [0.25, 0.3) is 5.91 Å². The number of nitrogens with zero attached hydrogens (tertiary/aromatic N) is 2. The third-order valence-corrected chi connectivity index (χ3v) is 5.54. The van der Waals surface area contributed by atoms with E-state index in [4.69, 9.17) is 9.15 Å². The molecule has 8 heteroatoms. The summed E-state index contributed by atoms with van der Waals surface area (Å²) in [5, 5.41) is 6.93. The second kappa shape index (κ2) is 10.3. The van der Waals surface area contributed by atoms with E-state index in [1.54, 1.807) is 18.3 Å². The Kier molecular flexibility index (Phi) is 7.56. The lowest BCUT2D eigenvalue weighted by Gasteiger charge is -2.12. The third kappa shape index (κ3) is 5.12. The van der Waals surface area contributed by atoms with Crippen LogP contribution >= 0.6 is 0 Å². The van der Waals surface area contributed by atoms with Gasteiger partial charge in [-0.3, -0.25) is 4.79 Å². The van der Waals surface area contributed by atoms with Gasteiger partial charge in [-0.1, -0.05) is 34.1 Å². The number of hydrogen-bond acceptors (Lipinski definition) is 6. The Bertz CT molecular complexity index is 1070. The number of methoxy groups -OCH3 is 1. The summed E-state index contributed by atoms with van der Waals surface area (Å²) in [6.07, 6.45) is 5.09. The highest BCUT2D eigenvalue weighted by atomic mass is 16.5. The van der Waals surface area contributed by atoms with Crippen molar-refractivity contribution >= 4 is 34.3 Å². The van der Waals surface area contributed by atoms with Crippen LogP contribution in [0.3, 0.4) is 0 Å². The third-order valence-electron chi connectivity index (χ3n) is 5.54. The van der Waals surface area contributed by atoms with E-state index in [0.717, 1.165) is 25.1 Å². The summed E-state index contributed by atoms with van der Waals surface area (Å²) in [6.45, 7) is 9.93. The Balaban J connectivity index is 2.12. The van der Waals surface area contributed by atoms with Gasteiger partial charge in [-0.05, 0) is 36.5 Å². The van der Waals surface area contributed by atoms with Crippen molar-refractivity contribution in [1.82, 2.24) is 9.55 Å². The van der Waals surface area contributed by atoms with Gasteiger partial charge in [-0.25, -0.2) is 9.78 Å². The number of carbonyl (C=O) groups excluding carboxylic acids is 2. The van der Waals surface area contributed by atoms with Gasteiger partial charge in [0.1, 0.15) is 5.65 Å². The molecule has 2 N–H and O–H groups in total. The number of pyridine rings is 1. The molecule has 0 aromatic carbocycles. The molecule has 8 nitrogen and oxygen atoms in total. The highest BCUT2D eigenvalue weighted by Gasteiger charge is 2.27. The molecule has 1 amide bonds. The molecule has 0 saturated heterocycles. The molecule has 0 saturated carbocycles. The number of nitrogens with one attached hydrogen (secondary N) is 2. The number of carbonyl (C=O) groups is 2. The predicted octanol–water partition coefficient (Wildman–Crippen LogP) is 5.17. The van der Waals surface area contributed by atoms with E-state index in [-0.39, 0.29) is 11.5 Å². The Morgan fingerprint density at radius 2 is 2.06 bits per heavy atom. The summed E-state index contributed by atoms with van der Waals surface area (Å²) < 4.78 is 12.1. The molecule has 0 bridgehead atoms. The van der Waals surface area contributed by atoms with Crippen molar-refractivity contribution in [3.63, 3.8) is 0 Å². The Labute approximate surface area is 188 Å². The summed E-state index contributed by atoms with van der Waals surface area (Å²) in [6, 6.07) is 5.13. The summed E-state index contributed by atoms with van der Waals surface area (Å²) in [4.78, 5) is 30.3. The van der Waals surface area contributed by atoms with Crippen LogP contribution in [0.5, 0.6) is 0 Å². The van der Waals surface area contributed by atoms with E-state index >= 15 is 0 Å². The van der Waals surface area contributed by atoms with Crippen LogP contribution in [0.15, 0.2) is 35.1 Å². The van der Waals surface area contributed by atoms with Crippen molar-refractivity contribution in [3.05, 3.63) is 42.1 Å². The Morgan fingerprint density at radius 3 is 2.69 bits per heavy atom. The first-order chi connectivity index (χ1) is 15.3. The van der Waals surface area contributed by atoms with Gasteiger partial charge >= 0.3 is 5.97 Å². The second-order valence-corrected chi connectivity index (χ2v) is 8.47. The number of amides is 1. The number of rotatable bonds is 10. The smallest absolute Gasteiger partial charge is 0.356 e. The van der Waals surface area contributed by atoms with Crippen molar-refractivity contribution in [1.29, 1.82) is 0 Å². The lowest BCUT2D eigenvalue weighted by Crippen LogP contribution is -2.17. The average Bonchev–Trinajstić information content (AvgIpc) is 3.42. The SMILES string of the molecule is CCC(C)CNc1cnc2c(c1)c(NC(=O)c1ccco1)c(C(=O)OC)n2CCC(C)C. The number of ether oxygens (including phenoxy) is 1. The molecule has 0 fully saturated rings. The van der Waals surface area contributed by atoms with Crippen LogP contribution in [0.4, 0.5) is 11.4 Å².